The minimum atomic E-state index is -4.62. The Morgan fingerprint density at radius 2 is 1.71 bits per heavy atom. The van der Waals surface area contributed by atoms with Crippen LogP contribution >= 0.6 is 0 Å². The van der Waals surface area contributed by atoms with E-state index in [1.54, 1.807) is 28.8 Å². The van der Waals surface area contributed by atoms with Crippen LogP contribution in [-0.4, -0.2) is 28.4 Å². The molecule has 0 radical (unpaired) electrons. The molecule has 0 bridgehead atoms. The summed E-state index contributed by atoms with van der Waals surface area (Å²) in [5, 5.41) is 9.72. The van der Waals surface area contributed by atoms with Crippen LogP contribution in [0.4, 0.5) is 13.2 Å². The van der Waals surface area contributed by atoms with Crippen LogP contribution in [0.1, 0.15) is 42.0 Å². The highest BCUT2D eigenvalue weighted by Crippen LogP contribution is 2.43. The number of nitrogens with zero attached hydrogens (tertiary/aromatic N) is 2. The Balaban J connectivity index is 2.01. The van der Waals surface area contributed by atoms with Gasteiger partial charge in [0.05, 0.1) is 19.3 Å². The van der Waals surface area contributed by atoms with Gasteiger partial charge < -0.3 is 14.4 Å². The Kier molecular flexibility index (Phi) is 6.66. The van der Waals surface area contributed by atoms with E-state index in [2.05, 4.69) is 18.8 Å². The van der Waals surface area contributed by atoms with E-state index in [9.17, 15) is 18.3 Å². The van der Waals surface area contributed by atoms with Crippen molar-refractivity contribution in [3.63, 3.8) is 0 Å². The van der Waals surface area contributed by atoms with Gasteiger partial charge in [-0.05, 0) is 35.1 Å². The zero-order valence-electron chi connectivity index (χ0n) is 19.4. The standard InChI is InChI=1S/C27H27F3N2O2/c1-17(2)19-9-11-20(12-10-19)26-31-24-23(27(28,29)30)21(15-18-7-5-4-6-8-18)16-22(34-3)25(24)32(26)13-14-33/h4-12,16-17,33H,13-15H2,1-3H3. The number of halogens is 3. The third-order valence-electron chi connectivity index (χ3n) is 5.96. The number of aliphatic hydroxyl groups excluding tert-OH is 1. The summed E-state index contributed by atoms with van der Waals surface area (Å²) in [7, 11) is 1.43. The van der Waals surface area contributed by atoms with Crippen LogP contribution in [0, 0.1) is 0 Å². The zero-order chi connectivity index (χ0) is 24.5. The van der Waals surface area contributed by atoms with Gasteiger partial charge in [-0.3, -0.25) is 0 Å². The molecule has 178 valence electrons. The van der Waals surface area contributed by atoms with Crippen molar-refractivity contribution in [2.45, 2.75) is 38.9 Å². The molecule has 0 unspecified atom stereocenters. The highest BCUT2D eigenvalue weighted by molar-refractivity contribution is 5.90. The van der Waals surface area contributed by atoms with Crippen molar-refractivity contribution in [3.8, 4) is 17.1 Å². The highest BCUT2D eigenvalue weighted by Gasteiger charge is 2.38. The molecule has 0 fully saturated rings. The number of hydrogen-bond donors (Lipinski definition) is 1. The van der Waals surface area contributed by atoms with Crippen molar-refractivity contribution < 1.29 is 23.0 Å². The van der Waals surface area contributed by atoms with E-state index in [0.29, 0.717) is 23.1 Å². The molecule has 0 aliphatic rings. The number of fused-ring (bicyclic) bond motifs is 1. The minimum Gasteiger partial charge on any atom is -0.494 e. The molecule has 1 N–H and O–H groups in total. The third-order valence-corrected chi connectivity index (χ3v) is 5.96. The Morgan fingerprint density at radius 1 is 1.03 bits per heavy atom. The Morgan fingerprint density at radius 3 is 2.26 bits per heavy atom. The predicted molar refractivity (Wildman–Crippen MR) is 127 cm³/mol. The van der Waals surface area contributed by atoms with E-state index in [1.807, 2.05) is 30.3 Å². The van der Waals surface area contributed by atoms with Crippen LogP contribution in [0.2, 0.25) is 0 Å². The fourth-order valence-electron chi connectivity index (χ4n) is 4.31. The van der Waals surface area contributed by atoms with E-state index in [-0.39, 0.29) is 36.2 Å². The molecule has 1 aromatic heterocycles. The van der Waals surface area contributed by atoms with Gasteiger partial charge in [-0.15, -0.1) is 0 Å². The summed E-state index contributed by atoms with van der Waals surface area (Å²) >= 11 is 0. The van der Waals surface area contributed by atoms with Gasteiger partial charge in [0.1, 0.15) is 22.6 Å². The van der Waals surface area contributed by atoms with E-state index in [4.69, 9.17) is 4.74 Å². The first kappa shape index (κ1) is 23.8. The van der Waals surface area contributed by atoms with Gasteiger partial charge >= 0.3 is 6.18 Å². The van der Waals surface area contributed by atoms with Gasteiger partial charge in [0.15, 0.2) is 0 Å². The lowest BCUT2D eigenvalue weighted by Crippen LogP contribution is -2.12. The second-order valence-electron chi connectivity index (χ2n) is 8.56. The van der Waals surface area contributed by atoms with E-state index in [1.165, 1.54) is 13.2 Å². The lowest BCUT2D eigenvalue weighted by molar-refractivity contribution is -0.136. The molecule has 4 aromatic rings. The number of ether oxygens (including phenoxy) is 1. The van der Waals surface area contributed by atoms with Crippen molar-refractivity contribution in [3.05, 3.63) is 82.9 Å². The largest absolute Gasteiger partial charge is 0.494 e. The topological polar surface area (TPSA) is 47.3 Å². The number of imidazole rings is 1. The zero-order valence-corrected chi connectivity index (χ0v) is 19.4. The SMILES string of the molecule is COc1cc(Cc2ccccc2)c(C(F)(F)F)c2nc(-c3ccc(C(C)C)cc3)n(CCO)c12. The number of benzene rings is 3. The predicted octanol–water partition coefficient (Wildman–Crippen LogP) is 6.44. The summed E-state index contributed by atoms with van der Waals surface area (Å²) in [6, 6.07) is 18.1. The molecule has 0 saturated heterocycles. The molecular formula is C27H27F3N2O2. The summed E-state index contributed by atoms with van der Waals surface area (Å²) < 4.78 is 50.5. The first-order chi connectivity index (χ1) is 16.2. The molecule has 4 rings (SSSR count). The van der Waals surface area contributed by atoms with Crippen LogP contribution in [0.15, 0.2) is 60.7 Å². The van der Waals surface area contributed by atoms with Crippen LogP contribution in [0.3, 0.4) is 0 Å². The lowest BCUT2D eigenvalue weighted by atomic mass is 9.97. The molecule has 3 aromatic carbocycles. The van der Waals surface area contributed by atoms with Crippen molar-refractivity contribution in [2.75, 3.05) is 13.7 Å². The number of alkyl halides is 3. The lowest BCUT2D eigenvalue weighted by Gasteiger charge is -2.17. The van der Waals surface area contributed by atoms with Gasteiger partial charge in [-0.25, -0.2) is 4.98 Å². The van der Waals surface area contributed by atoms with Gasteiger partial charge in [-0.1, -0.05) is 68.4 Å². The summed E-state index contributed by atoms with van der Waals surface area (Å²) in [5.41, 5.74) is 1.93. The Bertz CT molecular complexity index is 1280. The van der Waals surface area contributed by atoms with E-state index < -0.39 is 11.7 Å². The molecule has 0 spiro atoms. The summed E-state index contributed by atoms with van der Waals surface area (Å²) in [6.07, 6.45) is -4.53. The molecule has 0 saturated carbocycles. The average Bonchev–Trinajstić information content (AvgIpc) is 3.17. The number of aromatic nitrogens is 2. The van der Waals surface area contributed by atoms with Crippen molar-refractivity contribution >= 4 is 11.0 Å². The number of aliphatic hydroxyl groups is 1. The molecular weight excluding hydrogens is 441 g/mol. The maximum Gasteiger partial charge on any atom is 0.418 e. The van der Waals surface area contributed by atoms with Crippen molar-refractivity contribution in [2.24, 2.45) is 0 Å². The van der Waals surface area contributed by atoms with Crippen molar-refractivity contribution in [1.82, 2.24) is 9.55 Å². The van der Waals surface area contributed by atoms with Crippen LogP contribution in [0.25, 0.3) is 22.4 Å². The number of hydrogen-bond acceptors (Lipinski definition) is 3. The minimum absolute atomic E-state index is 0.0868. The number of methoxy groups -OCH3 is 1. The normalized spacial score (nSPS) is 12.0. The maximum absolute atomic E-state index is 14.4. The average molecular weight is 469 g/mol. The summed E-state index contributed by atoms with van der Waals surface area (Å²) in [5.74, 6) is 0.975. The maximum atomic E-state index is 14.4. The first-order valence-corrected chi connectivity index (χ1v) is 11.2. The summed E-state index contributed by atoms with van der Waals surface area (Å²) in [6.45, 7) is 3.98. The molecule has 1 heterocycles. The Hall–Kier alpha value is -3.32. The van der Waals surface area contributed by atoms with Gasteiger partial charge in [-0.2, -0.15) is 13.2 Å². The number of rotatable bonds is 7. The Labute approximate surface area is 196 Å². The van der Waals surface area contributed by atoms with Crippen molar-refractivity contribution in [1.29, 1.82) is 0 Å². The van der Waals surface area contributed by atoms with E-state index in [0.717, 1.165) is 11.1 Å². The van der Waals surface area contributed by atoms with Gasteiger partial charge in [0, 0.05) is 12.1 Å². The van der Waals surface area contributed by atoms with Gasteiger partial charge in [0.25, 0.3) is 0 Å². The molecule has 34 heavy (non-hydrogen) atoms. The van der Waals surface area contributed by atoms with Crippen LogP contribution in [0.5, 0.6) is 5.75 Å². The quantitative estimate of drug-likeness (QED) is 0.340. The monoisotopic (exact) mass is 468 g/mol. The van der Waals surface area contributed by atoms with Crippen LogP contribution in [-0.2, 0) is 19.1 Å². The molecule has 0 aliphatic carbocycles. The third kappa shape index (κ3) is 4.53. The second kappa shape index (κ2) is 9.50. The molecule has 4 nitrogen and oxygen atoms in total. The smallest absolute Gasteiger partial charge is 0.418 e. The van der Waals surface area contributed by atoms with Crippen LogP contribution < -0.4 is 4.74 Å². The molecule has 0 atom stereocenters. The highest BCUT2D eigenvalue weighted by atomic mass is 19.4. The first-order valence-electron chi connectivity index (χ1n) is 11.2. The molecule has 7 heteroatoms. The van der Waals surface area contributed by atoms with E-state index >= 15 is 0 Å². The fraction of sp³-hybridized carbons (Fsp3) is 0.296. The summed E-state index contributed by atoms with van der Waals surface area (Å²) in [4.78, 5) is 4.51. The second-order valence-corrected chi connectivity index (χ2v) is 8.56. The molecule has 0 aliphatic heterocycles. The molecule has 0 amide bonds. The van der Waals surface area contributed by atoms with Gasteiger partial charge in [0.2, 0.25) is 0 Å². The fourth-order valence-corrected chi connectivity index (χ4v) is 4.31.